The molecular formula is C24H25F3N4O2S. The Morgan fingerprint density at radius 3 is 2.68 bits per heavy atom. The minimum Gasteiger partial charge on any atom is -0.370 e. The second kappa shape index (κ2) is 10.8. The van der Waals surface area contributed by atoms with Crippen LogP contribution in [0.15, 0.2) is 53.9 Å². The van der Waals surface area contributed by atoms with Gasteiger partial charge < -0.3 is 15.4 Å². The standard InChI is InChI=1S/C24H25F3N4O2S/c1-3-4-5-12-33-23(2)11-10-18(13-20(23)24(25,26)27)31-22-29-15-19(34-22)21(32)30-17-8-6-16(14-28)7-9-17/h6-10,13,15H,3-5,11-12H2,1-2H3,(H,29,31)(H,30,32). The van der Waals surface area contributed by atoms with Crippen LogP contribution in [0.3, 0.4) is 0 Å². The van der Waals surface area contributed by atoms with Gasteiger partial charge in [0.1, 0.15) is 4.88 Å². The number of anilines is 2. The number of ether oxygens (including phenoxy) is 1. The molecule has 1 aliphatic carbocycles. The van der Waals surface area contributed by atoms with Crippen molar-refractivity contribution in [1.29, 1.82) is 5.26 Å². The zero-order valence-corrected chi connectivity index (χ0v) is 19.6. The molecule has 180 valence electrons. The largest absolute Gasteiger partial charge is 0.415 e. The lowest BCUT2D eigenvalue weighted by atomic mass is 9.86. The van der Waals surface area contributed by atoms with Crippen LogP contribution in [0, 0.1) is 11.3 Å². The summed E-state index contributed by atoms with van der Waals surface area (Å²) in [6, 6.07) is 8.37. The summed E-state index contributed by atoms with van der Waals surface area (Å²) in [6.07, 6.45) is 2.11. The number of nitrogens with zero attached hydrogens (tertiary/aromatic N) is 2. The molecule has 1 atom stereocenters. The highest BCUT2D eigenvalue weighted by Gasteiger charge is 2.47. The number of alkyl halides is 3. The molecule has 0 spiro atoms. The van der Waals surface area contributed by atoms with Gasteiger partial charge in [-0.3, -0.25) is 4.79 Å². The molecule has 0 bridgehead atoms. The highest BCUT2D eigenvalue weighted by atomic mass is 32.1. The van der Waals surface area contributed by atoms with E-state index in [4.69, 9.17) is 10.00 Å². The van der Waals surface area contributed by atoms with Crippen LogP contribution in [0.4, 0.5) is 24.0 Å². The highest BCUT2D eigenvalue weighted by molar-refractivity contribution is 7.17. The zero-order chi connectivity index (χ0) is 24.8. The summed E-state index contributed by atoms with van der Waals surface area (Å²) < 4.78 is 47.1. The van der Waals surface area contributed by atoms with E-state index in [9.17, 15) is 18.0 Å². The van der Waals surface area contributed by atoms with Gasteiger partial charge in [0.2, 0.25) is 0 Å². The molecule has 2 N–H and O–H groups in total. The quantitative estimate of drug-likeness (QED) is 0.396. The smallest absolute Gasteiger partial charge is 0.370 e. The van der Waals surface area contributed by atoms with Gasteiger partial charge in [-0.15, -0.1) is 0 Å². The third-order valence-corrected chi connectivity index (χ3v) is 6.22. The van der Waals surface area contributed by atoms with Crippen molar-refractivity contribution in [2.45, 2.75) is 51.3 Å². The number of thiazole rings is 1. The van der Waals surface area contributed by atoms with Crippen molar-refractivity contribution in [3.63, 3.8) is 0 Å². The summed E-state index contributed by atoms with van der Waals surface area (Å²) in [5, 5.41) is 14.7. The number of amides is 1. The monoisotopic (exact) mass is 490 g/mol. The molecule has 6 nitrogen and oxygen atoms in total. The van der Waals surface area contributed by atoms with Gasteiger partial charge in [-0.1, -0.05) is 37.2 Å². The van der Waals surface area contributed by atoms with E-state index >= 15 is 0 Å². The maximum Gasteiger partial charge on any atom is 0.415 e. The van der Waals surface area contributed by atoms with Crippen LogP contribution in [0.5, 0.6) is 0 Å². The van der Waals surface area contributed by atoms with Gasteiger partial charge in [0.05, 0.1) is 29.0 Å². The average Bonchev–Trinajstić information content (AvgIpc) is 3.27. The highest BCUT2D eigenvalue weighted by Crippen LogP contribution is 2.42. The van der Waals surface area contributed by atoms with Crippen molar-refractivity contribution in [2.24, 2.45) is 0 Å². The third kappa shape index (κ3) is 6.46. The lowest BCUT2D eigenvalue weighted by Crippen LogP contribution is -2.40. The van der Waals surface area contributed by atoms with Crippen LogP contribution in [-0.4, -0.2) is 29.3 Å². The number of rotatable bonds is 9. The van der Waals surface area contributed by atoms with E-state index in [-0.39, 0.29) is 23.6 Å². The normalized spacial score (nSPS) is 18.0. The first-order valence-corrected chi connectivity index (χ1v) is 11.6. The van der Waals surface area contributed by atoms with Crippen molar-refractivity contribution in [2.75, 3.05) is 17.2 Å². The van der Waals surface area contributed by atoms with Crippen LogP contribution in [0.25, 0.3) is 0 Å². The fourth-order valence-electron chi connectivity index (χ4n) is 3.42. The number of aromatic nitrogens is 1. The number of unbranched alkanes of at least 4 members (excludes halogenated alkanes) is 2. The summed E-state index contributed by atoms with van der Waals surface area (Å²) in [7, 11) is 0. The van der Waals surface area contributed by atoms with E-state index in [2.05, 4.69) is 15.6 Å². The van der Waals surface area contributed by atoms with Crippen molar-refractivity contribution < 1.29 is 22.7 Å². The molecule has 34 heavy (non-hydrogen) atoms. The van der Waals surface area contributed by atoms with E-state index < -0.39 is 23.3 Å². The molecule has 10 heteroatoms. The van der Waals surface area contributed by atoms with E-state index in [1.807, 2.05) is 13.0 Å². The number of carbonyl (C=O) groups excluding carboxylic acids is 1. The van der Waals surface area contributed by atoms with Gasteiger partial charge in [-0.2, -0.15) is 18.4 Å². The minimum atomic E-state index is -4.55. The summed E-state index contributed by atoms with van der Waals surface area (Å²) in [5.74, 6) is -0.410. The van der Waals surface area contributed by atoms with Crippen molar-refractivity contribution in [3.05, 3.63) is 64.3 Å². The first-order valence-electron chi connectivity index (χ1n) is 10.8. The van der Waals surface area contributed by atoms with E-state index in [1.165, 1.54) is 13.1 Å². The average molecular weight is 491 g/mol. The second-order valence-corrected chi connectivity index (χ2v) is 9.03. The van der Waals surface area contributed by atoms with Crippen LogP contribution >= 0.6 is 11.3 Å². The molecule has 1 aliphatic rings. The Labute approximate surface area is 200 Å². The van der Waals surface area contributed by atoms with Gasteiger partial charge in [0.15, 0.2) is 5.13 Å². The molecular weight excluding hydrogens is 465 g/mol. The Hall–Kier alpha value is -3.16. The van der Waals surface area contributed by atoms with Crippen LogP contribution < -0.4 is 10.6 Å². The number of hydrogen-bond acceptors (Lipinski definition) is 6. The molecule has 2 aromatic rings. The molecule has 3 rings (SSSR count). The Kier molecular flexibility index (Phi) is 8.12. The molecule has 1 amide bonds. The predicted octanol–water partition coefficient (Wildman–Crippen LogP) is 6.42. The lowest BCUT2D eigenvalue weighted by Gasteiger charge is -2.35. The summed E-state index contributed by atoms with van der Waals surface area (Å²) >= 11 is 1.02. The number of nitrogens with one attached hydrogen (secondary N) is 2. The molecule has 0 radical (unpaired) electrons. The molecule has 1 aromatic heterocycles. The summed E-state index contributed by atoms with van der Waals surface area (Å²) in [4.78, 5) is 16.9. The Bertz CT molecular complexity index is 1120. The van der Waals surface area contributed by atoms with Gasteiger partial charge in [0, 0.05) is 24.4 Å². The number of carbonyl (C=O) groups is 1. The van der Waals surface area contributed by atoms with Crippen molar-refractivity contribution in [1.82, 2.24) is 4.98 Å². The minimum absolute atomic E-state index is 0.0597. The molecule has 0 aliphatic heterocycles. The lowest BCUT2D eigenvalue weighted by molar-refractivity contribution is -0.130. The first kappa shape index (κ1) is 25.5. The maximum absolute atomic E-state index is 13.8. The van der Waals surface area contributed by atoms with Crippen LogP contribution in [0.1, 0.15) is 54.8 Å². The number of benzene rings is 1. The molecule has 0 fully saturated rings. The number of halogens is 3. The number of nitriles is 1. The molecule has 1 heterocycles. The Balaban J connectivity index is 1.68. The number of allylic oxidation sites excluding steroid dienone is 1. The number of hydrogen-bond donors (Lipinski definition) is 2. The SMILES string of the molecule is CCCCCOC1(C)CC=C(Nc2ncc(C(=O)Nc3ccc(C#N)cc3)s2)C=C1C(F)(F)F. The molecule has 1 unspecified atom stereocenters. The van der Waals surface area contributed by atoms with E-state index in [0.29, 0.717) is 22.8 Å². The maximum atomic E-state index is 13.8. The second-order valence-electron chi connectivity index (χ2n) is 8.00. The van der Waals surface area contributed by atoms with Crippen molar-refractivity contribution >= 4 is 28.1 Å². The Morgan fingerprint density at radius 1 is 1.29 bits per heavy atom. The first-order chi connectivity index (χ1) is 16.1. The van der Waals surface area contributed by atoms with Crippen LogP contribution in [-0.2, 0) is 4.74 Å². The van der Waals surface area contributed by atoms with E-state index in [0.717, 1.165) is 30.3 Å². The van der Waals surface area contributed by atoms with E-state index in [1.54, 1.807) is 30.3 Å². The Morgan fingerprint density at radius 2 is 2.03 bits per heavy atom. The topological polar surface area (TPSA) is 87.0 Å². The zero-order valence-electron chi connectivity index (χ0n) is 18.8. The fraction of sp³-hybridized carbons (Fsp3) is 0.375. The fourth-order valence-corrected chi connectivity index (χ4v) is 4.15. The van der Waals surface area contributed by atoms with Crippen molar-refractivity contribution in [3.8, 4) is 6.07 Å². The van der Waals surface area contributed by atoms with Gasteiger partial charge >= 0.3 is 6.18 Å². The summed E-state index contributed by atoms with van der Waals surface area (Å²) in [5.41, 5.74) is -0.978. The van der Waals surface area contributed by atoms with Gasteiger partial charge in [0.25, 0.3) is 5.91 Å². The molecule has 1 aromatic carbocycles. The summed E-state index contributed by atoms with van der Waals surface area (Å²) in [6.45, 7) is 3.74. The predicted molar refractivity (Wildman–Crippen MR) is 126 cm³/mol. The molecule has 0 saturated carbocycles. The molecule has 0 saturated heterocycles. The van der Waals surface area contributed by atoms with Gasteiger partial charge in [-0.25, -0.2) is 4.98 Å². The van der Waals surface area contributed by atoms with Gasteiger partial charge in [-0.05, 0) is 43.7 Å². The third-order valence-electron chi connectivity index (χ3n) is 5.31. The van der Waals surface area contributed by atoms with Crippen LogP contribution in [0.2, 0.25) is 0 Å².